The minimum absolute atomic E-state index is 0.135. The Bertz CT molecular complexity index is 17.1. The van der Waals surface area contributed by atoms with E-state index in [1.165, 1.54) is 11.8 Å². The summed E-state index contributed by atoms with van der Waals surface area (Å²) in [7, 11) is 0. The van der Waals surface area contributed by atoms with Crippen LogP contribution >= 0.6 is 11.8 Å². The molecule has 0 unspecified atom stereocenters. The molecule has 0 spiro atoms. The van der Waals surface area contributed by atoms with Crippen LogP contribution in [0.15, 0.2) is 0 Å². The molecule has 0 aromatic heterocycles. The summed E-state index contributed by atoms with van der Waals surface area (Å²) in [6.45, 7) is 0. The van der Waals surface area contributed by atoms with Crippen molar-refractivity contribution in [2.45, 2.75) is 0 Å². The Labute approximate surface area is 35.4 Å². The molecule has 32 valence electrons. The third-order valence-electron chi connectivity index (χ3n) is 0.209. The van der Waals surface area contributed by atoms with Crippen molar-refractivity contribution in [3.05, 3.63) is 0 Å². The van der Waals surface area contributed by atoms with Crippen LogP contribution in [0.25, 0.3) is 0 Å². The summed E-state index contributed by atoms with van der Waals surface area (Å²) >= 11 is 1.30. The summed E-state index contributed by atoms with van der Waals surface area (Å²) in [5.41, 5.74) is 4.94. The summed E-state index contributed by atoms with van der Waals surface area (Å²) in [5, 5.41) is 7.95. The molecule has 0 aliphatic heterocycles. The highest BCUT2D eigenvalue weighted by Crippen LogP contribution is 1.86. The Morgan fingerprint density at radius 1 is 1.80 bits per heavy atom. The number of rotatable bonds is 2. The molecule has 0 atom stereocenters. The van der Waals surface area contributed by atoms with Crippen molar-refractivity contribution in [3.8, 4) is 0 Å². The third kappa shape index (κ3) is 4.27. The van der Waals surface area contributed by atoms with E-state index in [1.807, 2.05) is 0 Å². The van der Waals surface area contributed by atoms with Gasteiger partial charge in [-0.15, -0.1) is 11.8 Å². The van der Waals surface area contributed by atoms with Crippen molar-refractivity contribution in [2.24, 2.45) is 5.73 Å². The first-order valence-electron chi connectivity index (χ1n) is 1.30. The number of thioether (sulfide) groups is 1. The van der Waals surface area contributed by atoms with Gasteiger partial charge in [-0.1, -0.05) is 0 Å². The highest BCUT2D eigenvalue weighted by Gasteiger charge is 1.68. The second kappa shape index (κ2) is 4.27. The molecule has 0 bridgehead atoms. The maximum atomic E-state index is 7.95. The molecule has 0 aliphatic rings. The molecule has 0 aromatic carbocycles. The van der Waals surface area contributed by atoms with Crippen molar-refractivity contribution >= 4 is 11.8 Å². The van der Waals surface area contributed by atoms with Crippen LogP contribution in [0.2, 0.25) is 0 Å². The van der Waals surface area contributed by atoms with Gasteiger partial charge in [0.25, 0.3) is 0 Å². The van der Waals surface area contributed by atoms with Gasteiger partial charge in [-0.05, 0) is 0 Å². The number of hydrogen-bond acceptors (Lipinski definition) is 3. The second-order valence-corrected chi connectivity index (χ2v) is 1.50. The van der Waals surface area contributed by atoms with Crippen LogP contribution in [0.3, 0.4) is 0 Å². The lowest BCUT2D eigenvalue weighted by atomic mass is 11.5. The minimum atomic E-state index is 0.135. The van der Waals surface area contributed by atoms with Gasteiger partial charge in [-0.3, -0.25) is 0 Å². The molecule has 0 fully saturated rings. The molecule has 0 heterocycles. The Hall–Kier alpha value is 0.270. The van der Waals surface area contributed by atoms with Crippen molar-refractivity contribution in [2.75, 3.05) is 11.8 Å². The molecule has 2 nitrogen and oxygen atoms in total. The predicted octanol–water partition coefficient (Wildman–Crippen LogP) is -0.414. The summed E-state index contributed by atoms with van der Waals surface area (Å²) in [4.78, 5) is 0. The molecule has 0 aromatic rings. The van der Waals surface area contributed by atoms with Crippen molar-refractivity contribution in [1.82, 2.24) is 0 Å². The van der Waals surface area contributed by atoms with E-state index in [9.17, 15) is 0 Å². The quantitative estimate of drug-likeness (QED) is 0.456. The smallest absolute Gasteiger partial charge is 0.0898 e. The summed E-state index contributed by atoms with van der Waals surface area (Å²) < 4.78 is 0. The molecular weight excluding hydrogens is 86.1 g/mol. The van der Waals surface area contributed by atoms with Crippen LogP contribution in [0.5, 0.6) is 0 Å². The van der Waals surface area contributed by atoms with E-state index in [-0.39, 0.29) is 5.94 Å². The van der Waals surface area contributed by atoms with E-state index >= 15 is 0 Å². The monoisotopic (exact) mass is 93.0 g/mol. The van der Waals surface area contributed by atoms with Crippen LogP contribution in [0.1, 0.15) is 0 Å². The first-order valence-corrected chi connectivity index (χ1v) is 2.46. The van der Waals surface area contributed by atoms with Gasteiger partial charge in [-0.2, -0.15) is 0 Å². The van der Waals surface area contributed by atoms with E-state index < -0.39 is 0 Å². The van der Waals surface area contributed by atoms with Crippen LogP contribution in [0.4, 0.5) is 0 Å². The normalized spacial score (nSPS) is 8.40. The second-order valence-electron chi connectivity index (χ2n) is 0.500. The molecule has 5 heavy (non-hydrogen) atoms. The van der Waals surface area contributed by atoms with Crippen LogP contribution in [-0.2, 0) is 0 Å². The number of hydrogen-bond donors (Lipinski definition) is 2. The first-order chi connectivity index (χ1) is 2.41. The number of nitrogens with two attached hydrogens (primary N) is 1. The third-order valence-corrected chi connectivity index (χ3v) is 0.627. The largest absolute Gasteiger partial charge is 0.386 e. The first kappa shape index (κ1) is 5.27. The lowest BCUT2D eigenvalue weighted by Gasteiger charge is -1.81. The standard InChI is InChI=1S/C2H7NOS/c3-1-5-2-4/h4H,1-3H2. The molecule has 0 saturated heterocycles. The van der Waals surface area contributed by atoms with Gasteiger partial charge in [0.2, 0.25) is 0 Å². The van der Waals surface area contributed by atoms with E-state index in [2.05, 4.69) is 0 Å². The maximum absolute atomic E-state index is 7.95. The average Bonchev–Trinajstić information content (AvgIpc) is 1.41. The molecule has 0 rings (SSSR count). The summed E-state index contributed by atoms with van der Waals surface area (Å²) in [6.07, 6.45) is 0. The zero-order chi connectivity index (χ0) is 4.12. The lowest BCUT2D eigenvalue weighted by molar-refractivity contribution is 0.375. The lowest BCUT2D eigenvalue weighted by Crippen LogP contribution is -1.92. The maximum Gasteiger partial charge on any atom is 0.0898 e. The average molecular weight is 93.2 g/mol. The molecule has 0 amide bonds. The fourth-order valence-electron chi connectivity index (χ4n) is 0.0527. The van der Waals surface area contributed by atoms with Gasteiger partial charge in [0.1, 0.15) is 0 Å². The van der Waals surface area contributed by atoms with Gasteiger partial charge < -0.3 is 10.8 Å². The molecular formula is C2H7NOS. The highest BCUT2D eigenvalue weighted by molar-refractivity contribution is 7.99. The Morgan fingerprint density at radius 3 is 2.40 bits per heavy atom. The molecule has 0 radical (unpaired) electrons. The Balaban J connectivity index is 2.19. The van der Waals surface area contributed by atoms with Crippen LogP contribution in [-0.4, -0.2) is 16.9 Å². The number of aliphatic hydroxyl groups is 1. The molecule has 3 N–H and O–H groups in total. The predicted molar refractivity (Wildman–Crippen MR) is 23.7 cm³/mol. The minimum Gasteiger partial charge on any atom is -0.386 e. The SMILES string of the molecule is NCSCO. The number of aliphatic hydroxyl groups excluding tert-OH is 1. The van der Waals surface area contributed by atoms with Crippen molar-refractivity contribution in [1.29, 1.82) is 0 Å². The zero-order valence-corrected chi connectivity index (χ0v) is 3.66. The van der Waals surface area contributed by atoms with Gasteiger partial charge in [0, 0.05) is 5.88 Å². The van der Waals surface area contributed by atoms with Crippen molar-refractivity contribution < 1.29 is 5.11 Å². The van der Waals surface area contributed by atoms with Gasteiger partial charge in [0.05, 0.1) is 5.94 Å². The highest BCUT2D eigenvalue weighted by atomic mass is 32.2. The van der Waals surface area contributed by atoms with E-state index in [4.69, 9.17) is 10.8 Å². The summed E-state index contributed by atoms with van der Waals surface area (Å²) in [5.74, 6) is 0.646. The van der Waals surface area contributed by atoms with Crippen LogP contribution in [0, 0.1) is 0 Å². The Kier molecular flexibility index (Phi) is 4.50. The Morgan fingerprint density at radius 2 is 2.40 bits per heavy atom. The van der Waals surface area contributed by atoms with E-state index in [0.717, 1.165) is 0 Å². The van der Waals surface area contributed by atoms with Gasteiger partial charge >= 0.3 is 0 Å². The molecule has 0 saturated carbocycles. The van der Waals surface area contributed by atoms with E-state index in [1.54, 1.807) is 0 Å². The van der Waals surface area contributed by atoms with Gasteiger partial charge in [-0.25, -0.2) is 0 Å². The van der Waals surface area contributed by atoms with Gasteiger partial charge in [0.15, 0.2) is 0 Å². The fraction of sp³-hybridized carbons (Fsp3) is 1.00. The fourth-order valence-corrected chi connectivity index (χ4v) is 0.158. The summed E-state index contributed by atoms with van der Waals surface area (Å²) in [6, 6.07) is 0. The molecule has 0 aliphatic carbocycles. The van der Waals surface area contributed by atoms with Crippen LogP contribution < -0.4 is 5.73 Å². The topological polar surface area (TPSA) is 46.2 Å². The van der Waals surface area contributed by atoms with Crippen molar-refractivity contribution in [3.63, 3.8) is 0 Å². The molecule has 3 heteroatoms. The zero-order valence-electron chi connectivity index (χ0n) is 2.85. The van der Waals surface area contributed by atoms with E-state index in [0.29, 0.717) is 5.88 Å².